The summed E-state index contributed by atoms with van der Waals surface area (Å²) < 4.78 is 0. The smallest absolute Gasteiger partial charge is 0.0146 e. The molecule has 0 fully saturated rings. The Bertz CT molecular complexity index is 429. The molecule has 2 aromatic carbocycles. The Morgan fingerprint density at radius 2 is 1.75 bits per heavy atom. The van der Waals surface area contributed by atoms with E-state index in [2.05, 4.69) is 55.5 Å². The molecule has 0 heterocycles. The largest absolute Gasteiger partial charge is 0.0622 e. The first kappa shape index (κ1) is 10.9. The zero-order chi connectivity index (χ0) is 11.2. The highest BCUT2D eigenvalue weighted by molar-refractivity contribution is 5.27. The lowest BCUT2D eigenvalue weighted by Gasteiger charge is -2.06. The molecule has 0 spiro atoms. The summed E-state index contributed by atoms with van der Waals surface area (Å²) in [6.45, 7) is 2.20. The lowest BCUT2D eigenvalue weighted by Crippen LogP contribution is -1.96. The van der Waals surface area contributed by atoms with E-state index in [1.165, 1.54) is 16.7 Å². The van der Waals surface area contributed by atoms with Crippen molar-refractivity contribution in [2.45, 2.75) is 26.2 Å². The number of benzene rings is 2. The fourth-order valence-corrected chi connectivity index (χ4v) is 1.98. The topological polar surface area (TPSA) is 0 Å². The molecule has 0 aliphatic carbocycles. The van der Waals surface area contributed by atoms with E-state index < -0.39 is 0 Å². The van der Waals surface area contributed by atoms with Gasteiger partial charge in [-0.15, -0.1) is 0 Å². The van der Waals surface area contributed by atoms with Crippen LogP contribution in [-0.4, -0.2) is 0 Å². The van der Waals surface area contributed by atoms with Crippen LogP contribution in [0, 0.1) is 6.07 Å². The van der Waals surface area contributed by atoms with Crippen molar-refractivity contribution in [2.24, 2.45) is 0 Å². The lowest BCUT2D eigenvalue weighted by molar-refractivity contribution is 0.929. The standard InChI is InChI=1S/C16H17/c1-2-15-10-6-7-11-16(15)13-12-14-8-4-3-5-9-14/h3-10H,2,12-13H2,1H3. The van der Waals surface area contributed by atoms with E-state index in [1.54, 1.807) is 0 Å². The van der Waals surface area contributed by atoms with Crippen LogP contribution in [0.4, 0.5) is 0 Å². The van der Waals surface area contributed by atoms with Gasteiger partial charge in [0.15, 0.2) is 0 Å². The van der Waals surface area contributed by atoms with Gasteiger partial charge in [0.2, 0.25) is 0 Å². The maximum atomic E-state index is 3.36. The van der Waals surface area contributed by atoms with Crippen LogP contribution in [0.1, 0.15) is 23.6 Å². The first-order chi connectivity index (χ1) is 7.90. The summed E-state index contributed by atoms with van der Waals surface area (Å²) in [5.41, 5.74) is 4.20. The molecule has 0 aliphatic heterocycles. The predicted molar refractivity (Wildman–Crippen MR) is 68.5 cm³/mol. The second-order valence-electron chi connectivity index (χ2n) is 4.01. The van der Waals surface area contributed by atoms with Crippen molar-refractivity contribution in [1.29, 1.82) is 0 Å². The summed E-state index contributed by atoms with van der Waals surface area (Å²) in [7, 11) is 0. The Balaban J connectivity index is 2.05. The average molecular weight is 209 g/mol. The van der Waals surface area contributed by atoms with Crippen molar-refractivity contribution in [3.8, 4) is 0 Å². The fourth-order valence-electron chi connectivity index (χ4n) is 1.98. The van der Waals surface area contributed by atoms with Crippen molar-refractivity contribution in [1.82, 2.24) is 0 Å². The maximum absolute atomic E-state index is 3.36. The predicted octanol–water partition coefficient (Wildman–Crippen LogP) is 3.83. The van der Waals surface area contributed by atoms with E-state index in [0.717, 1.165) is 19.3 Å². The number of rotatable bonds is 4. The fraction of sp³-hybridized carbons (Fsp3) is 0.250. The monoisotopic (exact) mass is 209 g/mol. The van der Waals surface area contributed by atoms with Gasteiger partial charge in [-0.05, 0) is 42.0 Å². The Hall–Kier alpha value is -1.56. The van der Waals surface area contributed by atoms with Gasteiger partial charge < -0.3 is 0 Å². The van der Waals surface area contributed by atoms with Gasteiger partial charge in [0.05, 0.1) is 0 Å². The average Bonchev–Trinajstić information content (AvgIpc) is 2.38. The number of aryl methyl sites for hydroxylation is 3. The lowest BCUT2D eigenvalue weighted by atomic mass is 9.98. The maximum Gasteiger partial charge on any atom is -0.0146 e. The minimum Gasteiger partial charge on any atom is -0.0622 e. The van der Waals surface area contributed by atoms with Crippen LogP contribution in [0.2, 0.25) is 0 Å². The summed E-state index contributed by atoms with van der Waals surface area (Å²) in [5.74, 6) is 0. The molecule has 0 amide bonds. The molecule has 0 nitrogen and oxygen atoms in total. The zero-order valence-electron chi connectivity index (χ0n) is 9.74. The van der Waals surface area contributed by atoms with E-state index >= 15 is 0 Å². The highest BCUT2D eigenvalue weighted by Gasteiger charge is 2.00. The van der Waals surface area contributed by atoms with Crippen LogP contribution in [0.25, 0.3) is 0 Å². The molecular weight excluding hydrogens is 192 g/mol. The summed E-state index contributed by atoms with van der Waals surface area (Å²) in [4.78, 5) is 0. The van der Waals surface area contributed by atoms with Gasteiger partial charge in [-0.25, -0.2) is 0 Å². The molecule has 2 rings (SSSR count). The molecule has 2 aromatic rings. The van der Waals surface area contributed by atoms with E-state index in [4.69, 9.17) is 0 Å². The van der Waals surface area contributed by atoms with Crippen LogP contribution >= 0.6 is 0 Å². The molecule has 0 aromatic heterocycles. The first-order valence-corrected chi connectivity index (χ1v) is 5.92. The minimum atomic E-state index is 1.09. The van der Waals surface area contributed by atoms with Crippen LogP contribution in [0.5, 0.6) is 0 Å². The number of hydrogen-bond acceptors (Lipinski definition) is 0. The first-order valence-electron chi connectivity index (χ1n) is 5.92. The van der Waals surface area contributed by atoms with Crippen molar-refractivity contribution < 1.29 is 0 Å². The molecule has 1 radical (unpaired) electrons. The third kappa shape index (κ3) is 2.73. The van der Waals surface area contributed by atoms with E-state index in [9.17, 15) is 0 Å². The molecule has 0 saturated carbocycles. The van der Waals surface area contributed by atoms with Gasteiger partial charge in [-0.3, -0.25) is 0 Å². The minimum absolute atomic E-state index is 1.09. The molecule has 0 heteroatoms. The highest BCUT2D eigenvalue weighted by Crippen LogP contribution is 2.12. The van der Waals surface area contributed by atoms with Crippen LogP contribution in [0.15, 0.2) is 48.5 Å². The van der Waals surface area contributed by atoms with Gasteiger partial charge >= 0.3 is 0 Å². The normalized spacial score (nSPS) is 10.3. The third-order valence-electron chi connectivity index (χ3n) is 2.93. The quantitative estimate of drug-likeness (QED) is 0.717. The molecule has 16 heavy (non-hydrogen) atoms. The van der Waals surface area contributed by atoms with Gasteiger partial charge in [-0.2, -0.15) is 0 Å². The molecule has 81 valence electrons. The molecule has 0 aliphatic rings. The van der Waals surface area contributed by atoms with E-state index in [-0.39, 0.29) is 0 Å². The van der Waals surface area contributed by atoms with E-state index in [1.807, 2.05) is 6.07 Å². The molecule has 0 bridgehead atoms. The molecule has 0 N–H and O–H groups in total. The summed E-state index contributed by atoms with van der Waals surface area (Å²) in [5, 5.41) is 0. The number of hydrogen-bond donors (Lipinski definition) is 0. The Kier molecular flexibility index (Phi) is 3.76. The molecule has 0 atom stereocenters. The van der Waals surface area contributed by atoms with Crippen molar-refractivity contribution in [3.63, 3.8) is 0 Å². The zero-order valence-corrected chi connectivity index (χ0v) is 9.74. The Morgan fingerprint density at radius 1 is 0.938 bits per heavy atom. The van der Waals surface area contributed by atoms with Crippen molar-refractivity contribution in [3.05, 3.63) is 71.3 Å². The van der Waals surface area contributed by atoms with Gasteiger partial charge in [-0.1, -0.05) is 55.5 Å². The highest BCUT2D eigenvalue weighted by atomic mass is 14.0. The van der Waals surface area contributed by atoms with Gasteiger partial charge in [0, 0.05) is 0 Å². The van der Waals surface area contributed by atoms with Gasteiger partial charge in [0.25, 0.3) is 0 Å². The molecular formula is C16H17. The van der Waals surface area contributed by atoms with Crippen LogP contribution in [-0.2, 0) is 19.3 Å². The molecule has 0 unspecified atom stereocenters. The SMILES string of the molecule is CCc1ccc[c]c1CCc1ccccc1. The van der Waals surface area contributed by atoms with E-state index in [0.29, 0.717) is 0 Å². The third-order valence-corrected chi connectivity index (χ3v) is 2.93. The summed E-state index contributed by atoms with van der Waals surface area (Å²) >= 11 is 0. The molecule has 0 saturated heterocycles. The van der Waals surface area contributed by atoms with Gasteiger partial charge in [0.1, 0.15) is 0 Å². The summed E-state index contributed by atoms with van der Waals surface area (Å²) in [6.07, 6.45) is 3.30. The second-order valence-corrected chi connectivity index (χ2v) is 4.01. The van der Waals surface area contributed by atoms with Crippen LogP contribution in [0.3, 0.4) is 0 Å². The summed E-state index contributed by atoms with van der Waals surface area (Å²) in [6, 6.07) is 20.3. The van der Waals surface area contributed by atoms with Crippen LogP contribution < -0.4 is 0 Å². The van der Waals surface area contributed by atoms with Crippen molar-refractivity contribution in [2.75, 3.05) is 0 Å². The Morgan fingerprint density at radius 3 is 2.50 bits per heavy atom. The Labute approximate surface area is 97.9 Å². The van der Waals surface area contributed by atoms with Crippen molar-refractivity contribution >= 4 is 0 Å². The second kappa shape index (κ2) is 5.50.